The third-order valence-corrected chi connectivity index (χ3v) is 5.13. The summed E-state index contributed by atoms with van der Waals surface area (Å²) in [5.74, 6) is -3.63. The Morgan fingerprint density at radius 2 is 1.88 bits per heavy atom. The zero-order valence-electron chi connectivity index (χ0n) is 17.3. The Morgan fingerprint density at radius 1 is 1.16 bits per heavy atom. The van der Waals surface area contributed by atoms with E-state index in [0.717, 1.165) is 25.5 Å². The second kappa shape index (κ2) is 9.41. The van der Waals surface area contributed by atoms with Gasteiger partial charge in [-0.3, -0.25) is 9.59 Å². The lowest BCUT2D eigenvalue weighted by molar-refractivity contribution is -0.117. The van der Waals surface area contributed by atoms with Crippen LogP contribution in [-0.2, 0) is 4.79 Å². The molecule has 10 heteroatoms. The maximum atomic E-state index is 14.6. The molecule has 0 saturated carbocycles. The van der Waals surface area contributed by atoms with Gasteiger partial charge in [0.2, 0.25) is 5.91 Å². The van der Waals surface area contributed by atoms with E-state index < -0.39 is 57.0 Å². The third-order valence-electron chi connectivity index (χ3n) is 5.13. The minimum absolute atomic E-state index is 0.103. The number of benzene rings is 2. The van der Waals surface area contributed by atoms with E-state index in [1.807, 2.05) is 0 Å². The predicted molar refractivity (Wildman–Crippen MR) is 116 cm³/mol. The van der Waals surface area contributed by atoms with Gasteiger partial charge in [-0.05, 0) is 44.5 Å². The van der Waals surface area contributed by atoms with E-state index in [0.29, 0.717) is 19.4 Å². The summed E-state index contributed by atoms with van der Waals surface area (Å²) in [7, 11) is 0. The highest BCUT2D eigenvalue weighted by atomic mass is 19.1. The molecule has 0 saturated heterocycles. The Bertz CT molecular complexity index is 1240. The highest BCUT2D eigenvalue weighted by Crippen LogP contribution is 2.32. The van der Waals surface area contributed by atoms with Gasteiger partial charge in [0.15, 0.2) is 22.6 Å². The second-order valence-corrected chi connectivity index (χ2v) is 7.42. The standard InChI is InChI=1S/C22H23F3N4O3/c1-10-18(24)20(28)17-15(30)9-16(32-21(17)19(10)25)11-5-6-14(12(23)8-11)29-22(31)13(27)4-2-3-7-26/h5-6,8-9,13H,2-4,7,26-28H2,1H3,(H,29,31). The fraction of sp³-hybridized carbons (Fsp3) is 0.273. The highest BCUT2D eigenvalue weighted by Gasteiger charge is 2.21. The van der Waals surface area contributed by atoms with Gasteiger partial charge >= 0.3 is 0 Å². The van der Waals surface area contributed by atoms with Crippen molar-refractivity contribution in [2.45, 2.75) is 32.2 Å². The van der Waals surface area contributed by atoms with Gasteiger partial charge in [0.1, 0.15) is 11.6 Å². The Kier molecular flexibility index (Phi) is 6.85. The molecule has 32 heavy (non-hydrogen) atoms. The van der Waals surface area contributed by atoms with Crippen LogP contribution in [-0.4, -0.2) is 18.5 Å². The SMILES string of the molecule is Cc1c(F)c(N)c2c(=O)cc(-c3ccc(NC(=O)C(N)CCCCN)c(F)c3)oc2c1F. The van der Waals surface area contributed by atoms with Gasteiger partial charge in [-0.15, -0.1) is 0 Å². The molecule has 3 aromatic rings. The van der Waals surface area contributed by atoms with Gasteiger partial charge in [0, 0.05) is 17.2 Å². The number of anilines is 2. The Hall–Kier alpha value is -3.37. The first-order valence-corrected chi connectivity index (χ1v) is 9.93. The lowest BCUT2D eigenvalue weighted by Gasteiger charge is -2.13. The van der Waals surface area contributed by atoms with Crippen molar-refractivity contribution in [1.29, 1.82) is 0 Å². The minimum atomic E-state index is -1.07. The van der Waals surface area contributed by atoms with E-state index in [1.165, 1.54) is 12.1 Å². The summed E-state index contributed by atoms with van der Waals surface area (Å²) in [6.45, 7) is 1.64. The van der Waals surface area contributed by atoms with Crippen molar-refractivity contribution in [1.82, 2.24) is 0 Å². The summed E-state index contributed by atoms with van der Waals surface area (Å²) in [4.78, 5) is 24.6. The molecule has 0 aliphatic heterocycles. The minimum Gasteiger partial charge on any atom is -0.453 e. The maximum absolute atomic E-state index is 14.6. The second-order valence-electron chi connectivity index (χ2n) is 7.42. The van der Waals surface area contributed by atoms with Crippen LogP contribution in [0.5, 0.6) is 0 Å². The molecule has 1 unspecified atom stereocenters. The van der Waals surface area contributed by atoms with Crippen LogP contribution in [0.15, 0.2) is 33.5 Å². The number of fused-ring (bicyclic) bond motifs is 1. The molecule has 0 bridgehead atoms. The molecule has 7 nitrogen and oxygen atoms in total. The Labute approximate surface area is 181 Å². The van der Waals surface area contributed by atoms with Crippen molar-refractivity contribution in [3.63, 3.8) is 0 Å². The summed E-state index contributed by atoms with van der Waals surface area (Å²) in [6.07, 6.45) is 1.79. The van der Waals surface area contributed by atoms with Crippen LogP contribution in [0.1, 0.15) is 24.8 Å². The first kappa shape index (κ1) is 23.3. The third kappa shape index (κ3) is 4.46. The fourth-order valence-electron chi connectivity index (χ4n) is 3.26. The molecule has 2 aromatic carbocycles. The molecule has 170 valence electrons. The van der Waals surface area contributed by atoms with Crippen LogP contribution in [0.2, 0.25) is 0 Å². The smallest absolute Gasteiger partial charge is 0.241 e. The monoisotopic (exact) mass is 448 g/mol. The number of unbranched alkanes of at least 4 members (excludes halogenated alkanes) is 1. The van der Waals surface area contributed by atoms with Crippen molar-refractivity contribution in [3.8, 4) is 11.3 Å². The predicted octanol–water partition coefficient (Wildman–Crippen LogP) is 3.16. The quantitative estimate of drug-likeness (QED) is 0.324. The first-order valence-electron chi connectivity index (χ1n) is 9.93. The van der Waals surface area contributed by atoms with E-state index in [1.54, 1.807) is 0 Å². The Balaban J connectivity index is 1.92. The van der Waals surface area contributed by atoms with Gasteiger partial charge in [0.25, 0.3) is 0 Å². The molecule has 1 amide bonds. The maximum Gasteiger partial charge on any atom is 0.241 e. The number of nitrogen functional groups attached to an aromatic ring is 1. The molecule has 0 fully saturated rings. The van der Waals surface area contributed by atoms with Gasteiger partial charge < -0.3 is 26.9 Å². The van der Waals surface area contributed by atoms with E-state index >= 15 is 0 Å². The summed E-state index contributed by atoms with van der Waals surface area (Å²) in [5, 5.41) is 1.98. The molecule has 3 rings (SSSR count). The summed E-state index contributed by atoms with van der Waals surface area (Å²) in [6, 6.07) is 3.79. The van der Waals surface area contributed by atoms with E-state index in [4.69, 9.17) is 21.6 Å². The van der Waals surface area contributed by atoms with Crippen LogP contribution >= 0.6 is 0 Å². The average Bonchev–Trinajstić information content (AvgIpc) is 2.77. The van der Waals surface area contributed by atoms with Gasteiger partial charge in [0.05, 0.1) is 22.8 Å². The van der Waals surface area contributed by atoms with Crippen molar-refractivity contribution in [3.05, 3.63) is 57.5 Å². The number of nitrogens with two attached hydrogens (primary N) is 3. The van der Waals surface area contributed by atoms with Crippen LogP contribution in [0.4, 0.5) is 24.5 Å². The number of amides is 1. The molecule has 1 heterocycles. The number of rotatable bonds is 7. The number of hydrogen-bond acceptors (Lipinski definition) is 6. The van der Waals surface area contributed by atoms with Crippen molar-refractivity contribution >= 4 is 28.3 Å². The number of carbonyl (C=O) groups excluding carboxylic acids is 1. The molecule has 1 atom stereocenters. The van der Waals surface area contributed by atoms with Crippen LogP contribution in [0.3, 0.4) is 0 Å². The molecule has 1 aromatic heterocycles. The molecular formula is C22H23F3N4O3. The van der Waals surface area contributed by atoms with E-state index in [9.17, 15) is 22.8 Å². The highest BCUT2D eigenvalue weighted by molar-refractivity contribution is 5.95. The molecule has 0 aliphatic carbocycles. The lowest BCUT2D eigenvalue weighted by Crippen LogP contribution is -2.35. The zero-order chi connectivity index (χ0) is 23.6. The first-order chi connectivity index (χ1) is 15.1. The fourth-order valence-corrected chi connectivity index (χ4v) is 3.26. The van der Waals surface area contributed by atoms with Crippen LogP contribution < -0.4 is 27.9 Å². The molecule has 0 spiro atoms. The van der Waals surface area contributed by atoms with Gasteiger partial charge in [-0.1, -0.05) is 6.42 Å². The van der Waals surface area contributed by atoms with Crippen LogP contribution in [0, 0.1) is 24.4 Å². The summed E-state index contributed by atoms with van der Waals surface area (Å²) >= 11 is 0. The molecular weight excluding hydrogens is 425 g/mol. The van der Waals surface area contributed by atoms with Crippen molar-refractivity contribution in [2.24, 2.45) is 11.5 Å². The molecule has 7 N–H and O–H groups in total. The van der Waals surface area contributed by atoms with E-state index in [-0.39, 0.29) is 17.0 Å². The number of halogens is 3. The van der Waals surface area contributed by atoms with Crippen molar-refractivity contribution < 1.29 is 22.4 Å². The largest absolute Gasteiger partial charge is 0.453 e. The summed E-state index contributed by atoms with van der Waals surface area (Å²) in [5.41, 5.74) is 14.6. The number of nitrogens with one attached hydrogen (secondary N) is 1. The Morgan fingerprint density at radius 3 is 2.53 bits per heavy atom. The van der Waals surface area contributed by atoms with Gasteiger partial charge in [-0.2, -0.15) is 0 Å². The zero-order valence-corrected chi connectivity index (χ0v) is 17.3. The normalized spacial score (nSPS) is 12.2. The summed E-state index contributed by atoms with van der Waals surface area (Å²) < 4.78 is 48.6. The number of carbonyl (C=O) groups is 1. The van der Waals surface area contributed by atoms with Crippen molar-refractivity contribution in [2.75, 3.05) is 17.6 Å². The van der Waals surface area contributed by atoms with Crippen LogP contribution in [0.25, 0.3) is 22.3 Å². The lowest BCUT2D eigenvalue weighted by atomic mass is 10.1. The molecule has 0 aliphatic rings. The topological polar surface area (TPSA) is 137 Å². The van der Waals surface area contributed by atoms with Gasteiger partial charge in [-0.25, -0.2) is 13.2 Å². The van der Waals surface area contributed by atoms with E-state index in [2.05, 4.69) is 5.32 Å². The number of hydrogen-bond donors (Lipinski definition) is 4. The average molecular weight is 448 g/mol. The molecule has 0 radical (unpaired) electrons.